The summed E-state index contributed by atoms with van der Waals surface area (Å²) in [6, 6.07) is 0. The highest BCUT2D eigenvalue weighted by molar-refractivity contribution is 5.77. The van der Waals surface area contributed by atoms with Crippen LogP contribution in [0.2, 0.25) is 0 Å². The van der Waals surface area contributed by atoms with Gasteiger partial charge in [0.1, 0.15) is 0 Å². The summed E-state index contributed by atoms with van der Waals surface area (Å²) in [5.74, 6) is 0.00769. The molecular formula is C9H20N2O2. The van der Waals surface area contributed by atoms with Gasteiger partial charge < -0.3 is 15.3 Å². The minimum Gasteiger partial charge on any atom is -0.393 e. The van der Waals surface area contributed by atoms with Crippen LogP contribution in [-0.2, 0) is 4.79 Å². The third kappa shape index (κ3) is 7.74. The second-order valence-corrected chi connectivity index (χ2v) is 3.44. The van der Waals surface area contributed by atoms with E-state index in [2.05, 4.69) is 5.32 Å². The van der Waals surface area contributed by atoms with Gasteiger partial charge in [0.25, 0.3) is 0 Å². The van der Waals surface area contributed by atoms with E-state index in [-0.39, 0.29) is 12.0 Å². The maximum atomic E-state index is 11.1. The minimum absolute atomic E-state index is 0.00769. The molecule has 1 amide bonds. The van der Waals surface area contributed by atoms with E-state index in [9.17, 15) is 9.90 Å². The Labute approximate surface area is 79.9 Å². The average molecular weight is 188 g/mol. The Kier molecular flexibility index (Phi) is 6.54. The number of carbonyl (C=O) groups is 1. The van der Waals surface area contributed by atoms with Gasteiger partial charge in [-0.1, -0.05) is 6.92 Å². The number of aliphatic hydroxyl groups is 1. The van der Waals surface area contributed by atoms with E-state index in [0.29, 0.717) is 19.5 Å². The van der Waals surface area contributed by atoms with E-state index in [1.165, 1.54) is 0 Å². The second kappa shape index (κ2) is 6.86. The lowest BCUT2D eigenvalue weighted by atomic mass is 10.2. The molecule has 0 aliphatic rings. The van der Waals surface area contributed by atoms with Gasteiger partial charge in [0, 0.05) is 6.54 Å². The largest absolute Gasteiger partial charge is 0.393 e. The Bertz CT molecular complexity index is 149. The van der Waals surface area contributed by atoms with Gasteiger partial charge in [-0.2, -0.15) is 0 Å². The van der Waals surface area contributed by atoms with Gasteiger partial charge in [0.15, 0.2) is 0 Å². The maximum Gasteiger partial charge on any atom is 0.234 e. The van der Waals surface area contributed by atoms with E-state index >= 15 is 0 Å². The van der Waals surface area contributed by atoms with Crippen molar-refractivity contribution in [1.29, 1.82) is 0 Å². The van der Waals surface area contributed by atoms with Crippen molar-refractivity contribution in [3.8, 4) is 0 Å². The van der Waals surface area contributed by atoms with Crippen molar-refractivity contribution in [2.45, 2.75) is 25.9 Å². The smallest absolute Gasteiger partial charge is 0.234 e. The van der Waals surface area contributed by atoms with Crippen molar-refractivity contribution in [1.82, 2.24) is 10.2 Å². The van der Waals surface area contributed by atoms with Crippen LogP contribution in [-0.4, -0.2) is 49.2 Å². The van der Waals surface area contributed by atoms with Crippen molar-refractivity contribution < 1.29 is 9.90 Å². The molecule has 0 bridgehead atoms. The van der Waals surface area contributed by atoms with Crippen molar-refractivity contribution in [2.75, 3.05) is 27.2 Å². The molecule has 0 spiro atoms. The zero-order valence-corrected chi connectivity index (χ0v) is 8.71. The molecule has 0 aromatic carbocycles. The van der Waals surface area contributed by atoms with Gasteiger partial charge in [-0.25, -0.2) is 0 Å². The summed E-state index contributed by atoms with van der Waals surface area (Å²) in [7, 11) is 3.70. The fourth-order valence-corrected chi connectivity index (χ4v) is 0.925. The first kappa shape index (κ1) is 12.4. The maximum absolute atomic E-state index is 11.1. The van der Waals surface area contributed by atoms with Gasteiger partial charge in [-0.15, -0.1) is 0 Å². The van der Waals surface area contributed by atoms with Gasteiger partial charge >= 0.3 is 0 Å². The summed E-state index contributed by atoms with van der Waals surface area (Å²) in [4.78, 5) is 12.9. The van der Waals surface area contributed by atoms with Crippen molar-refractivity contribution in [3.63, 3.8) is 0 Å². The highest BCUT2D eigenvalue weighted by atomic mass is 16.3. The summed E-state index contributed by atoms with van der Waals surface area (Å²) < 4.78 is 0. The third-order valence-electron chi connectivity index (χ3n) is 1.73. The molecule has 1 unspecified atom stereocenters. The average Bonchev–Trinajstić information content (AvgIpc) is 2.02. The molecule has 2 N–H and O–H groups in total. The Hall–Kier alpha value is -0.610. The number of carbonyl (C=O) groups excluding carboxylic acids is 1. The molecule has 0 radical (unpaired) electrons. The van der Waals surface area contributed by atoms with Crippen LogP contribution in [0.4, 0.5) is 0 Å². The molecule has 0 aromatic rings. The highest BCUT2D eigenvalue weighted by Crippen LogP contribution is 1.93. The first-order valence-electron chi connectivity index (χ1n) is 4.65. The predicted octanol–water partition coefficient (Wildman–Crippen LogP) is -0.175. The van der Waals surface area contributed by atoms with Crippen LogP contribution in [0.3, 0.4) is 0 Å². The second-order valence-electron chi connectivity index (χ2n) is 3.44. The number of hydrogen-bond donors (Lipinski definition) is 2. The van der Waals surface area contributed by atoms with Crippen LogP contribution in [0, 0.1) is 0 Å². The van der Waals surface area contributed by atoms with Crippen LogP contribution < -0.4 is 5.32 Å². The third-order valence-corrected chi connectivity index (χ3v) is 1.73. The number of rotatable bonds is 6. The lowest BCUT2D eigenvalue weighted by Gasteiger charge is -2.11. The Morgan fingerprint density at radius 3 is 2.62 bits per heavy atom. The summed E-state index contributed by atoms with van der Waals surface area (Å²) >= 11 is 0. The van der Waals surface area contributed by atoms with Crippen LogP contribution in [0.1, 0.15) is 19.8 Å². The summed E-state index contributed by atoms with van der Waals surface area (Å²) in [6.45, 7) is 2.89. The summed E-state index contributed by atoms with van der Waals surface area (Å²) in [5.41, 5.74) is 0. The van der Waals surface area contributed by atoms with E-state index < -0.39 is 0 Å². The number of nitrogens with zero attached hydrogens (tertiary/aromatic N) is 1. The number of likely N-dealkylation sites (N-methyl/N-ethyl adjacent to an activating group) is 1. The van der Waals surface area contributed by atoms with Crippen molar-refractivity contribution in [3.05, 3.63) is 0 Å². The van der Waals surface area contributed by atoms with Gasteiger partial charge in [-0.05, 0) is 26.9 Å². The highest BCUT2D eigenvalue weighted by Gasteiger charge is 2.03. The zero-order chi connectivity index (χ0) is 10.3. The van der Waals surface area contributed by atoms with Gasteiger partial charge in [-0.3, -0.25) is 4.79 Å². The standard InChI is InChI=1S/C9H20N2O2/c1-4-8(12)5-6-10-9(13)7-11(2)3/h8,12H,4-7H2,1-3H3,(H,10,13). The Balaban J connectivity index is 3.37. The monoisotopic (exact) mass is 188 g/mol. The lowest BCUT2D eigenvalue weighted by molar-refractivity contribution is -0.121. The number of aliphatic hydroxyl groups excluding tert-OH is 1. The van der Waals surface area contributed by atoms with Crippen LogP contribution in [0.5, 0.6) is 0 Å². The van der Waals surface area contributed by atoms with Gasteiger partial charge in [0.05, 0.1) is 12.6 Å². The zero-order valence-electron chi connectivity index (χ0n) is 8.71. The molecule has 13 heavy (non-hydrogen) atoms. The first-order valence-corrected chi connectivity index (χ1v) is 4.65. The number of amides is 1. The molecule has 78 valence electrons. The molecule has 0 aliphatic carbocycles. The summed E-state index contributed by atoms with van der Waals surface area (Å²) in [5, 5.41) is 11.9. The molecule has 0 fully saturated rings. The van der Waals surface area contributed by atoms with E-state index in [1.807, 2.05) is 25.9 Å². The number of nitrogens with one attached hydrogen (secondary N) is 1. The predicted molar refractivity (Wildman–Crippen MR) is 52.5 cm³/mol. The van der Waals surface area contributed by atoms with E-state index in [0.717, 1.165) is 6.42 Å². The molecule has 0 aliphatic heterocycles. The molecule has 0 saturated carbocycles. The Morgan fingerprint density at radius 1 is 1.54 bits per heavy atom. The van der Waals surface area contributed by atoms with Crippen molar-refractivity contribution >= 4 is 5.91 Å². The SMILES string of the molecule is CCC(O)CCNC(=O)CN(C)C. The molecule has 0 aromatic heterocycles. The van der Waals surface area contributed by atoms with Crippen LogP contribution in [0.25, 0.3) is 0 Å². The van der Waals surface area contributed by atoms with E-state index in [1.54, 1.807) is 0 Å². The van der Waals surface area contributed by atoms with Crippen molar-refractivity contribution in [2.24, 2.45) is 0 Å². The molecule has 0 saturated heterocycles. The van der Waals surface area contributed by atoms with Crippen LogP contribution >= 0.6 is 0 Å². The van der Waals surface area contributed by atoms with Gasteiger partial charge in [0.2, 0.25) is 5.91 Å². The quantitative estimate of drug-likeness (QED) is 0.608. The van der Waals surface area contributed by atoms with E-state index in [4.69, 9.17) is 0 Å². The molecule has 0 rings (SSSR count). The topological polar surface area (TPSA) is 52.6 Å². The Morgan fingerprint density at radius 2 is 2.15 bits per heavy atom. The molecule has 4 nitrogen and oxygen atoms in total. The number of hydrogen-bond acceptors (Lipinski definition) is 3. The summed E-state index contributed by atoms with van der Waals surface area (Å²) in [6.07, 6.45) is 1.08. The molecule has 0 heterocycles. The fraction of sp³-hybridized carbons (Fsp3) is 0.889. The molecule has 1 atom stereocenters. The first-order chi connectivity index (χ1) is 6.06. The molecule has 4 heteroatoms. The lowest BCUT2D eigenvalue weighted by Crippen LogP contribution is -2.34. The molecular weight excluding hydrogens is 168 g/mol. The fourth-order valence-electron chi connectivity index (χ4n) is 0.925. The minimum atomic E-state index is -0.292. The van der Waals surface area contributed by atoms with Crippen LogP contribution in [0.15, 0.2) is 0 Å². The normalized spacial score (nSPS) is 13.0.